The Bertz CT molecular complexity index is 305. The molecule has 0 aliphatic rings. The second-order valence-electron chi connectivity index (χ2n) is 3.01. The predicted octanol–water partition coefficient (Wildman–Crippen LogP) is 3.52. The van der Waals surface area contributed by atoms with E-state index in [-0.39, 0.29) is 0 Å². The van der Waals surface area contributed by atoms with Crippen molar-refractivity contribution in [1.29, 1.82) is 0 Å². The van der Waals surface area contributed by atoms with E-state index in [0.717, 1.165) is 16.9 Å². The molecule has 0 atom stereocenters. The number of para-hydroxylation sites is 1. The Balaban J connectivity index is 2.60. The molecule has 0 fully saturated rings. The van der Waals surface area contributed by atoms with E-state index in [1.54, 1.807) is 0 Å². The second kappa shape index (κ2) is 4.93. The Morgan fingerprint density at radius 1 is 1.46 bits per heavy atom. The van der Waals surface area contributed by atoms with Crippen LogP contribution in [0.25, 0.3) is 0 Å². The van der Waals surface area contributed by atoms with Crippen LogP contribution in [-0.2, 0) is 0 Å². The van der Waals surface area contributed by atoms with Gasteiger partial charge in [0.1, 0.15) is 12.4 Å². The van der Waals surface area contributed by atoms with Crippen LogP contribution in [0, 0.1) is 6.92 Å². The van der Waals surface area contributed by atoms with E-state index >= 15 is 0 Å². The van der Waals surface area contributed by atoms with Crippen molar-refractivity contribution in [2.45, 2.75) is 13.8 Å². The second-order valence-corrected chi connectivity index (χ2v) is 3.23. The van der Waals surface area contributed by atoms with Crippen molar-refractivity contribution in [3.8, 4) is 5.75 Å². The van der Waals surface area contributed by atoms with E-state index < -0.39 is 0 Å². The van der Waals surface area contributed by atoms with Crippen LogP contribution in [0.1, 0.15) is 12.5 Å². The van der Waals surface area contributed by atoms with Gasteiger partial charge in [0, 0.05) is 5.54 Å². The average molecular weight is 197 g/mol. The fourth-order valence-electron chi connectivity index (χ4n) is 0.941. The summed E-state index contributed by atoms with van der Waals surface area (Å²) in [6.07, 6.45) is 0. The van der Waals surface area contributed by atoms with Gasteiger partial charge in [0.05, 0.1) is 0 Å². The minimum Gasteiger partial charge on any atom is -0.489 e. The van der Waals surface area contributed by atoms with Gasteiger partial charge in [-0.05, 0) is 31.1 Å². The van der Waals surface area contributed by atoms with Crippen LogP contribution in [0.4, 0.5) is 0 Å². The molecule has 1 nitrogen and oxygen atoms in total. The van der Waals surface area contributed by atoms with Gasteiger partial charge < -0.3 is 4.74 Å². The summed E-state index contributed by atoms with van der Waals surface area (Å²) < 4.78 is 5.54. The van der Waals surface area contributed by atoms with Crippen LogP contribution in [0.2, 0.25) is 0 Å². The molecule has 0 aromatic heterocycles. The van der Waals surface area contributed by atoms with Gasteiger partial charge >= 0.3 is 0 Å². The summed E-state index contributed by atoms with van der Waals surface area (Å²) in [5, 5.41) is 0. The molecule has 70 valence electrons. The summed E-state index contributed by atoms with van der Waals surface area (Å²) in [6, 6.07) is 7.93. The zero-order valence-corrected chi connectivity index (χ0v) is 8.64. The van der Waals surface area contributed by atoms with E-state index in [9.17, 15) is 0 Å². The lowest BCUT2D eigenvalue weighted by Gasteiger charge is -2.07. The minimum atomic E-state index is 0.550. The van der Waals surface area contributed by atoms with E-state index in [0.29, 0.717) is 6.61 Å². The molecule has 2 heteroatoms. The lowest BCUT2D eigenvalue weighted by atomic mass is 10.2. The van der Waals surface area contributed by atoms with Crippen molar-refractivity contribution in [2.24, 2.45) is 0 Å². The maximum absolute atomic E-state index is 5.54. The van der Waals surface area contributed by atoms with E-state index in [4.69, 9.17) is 16.3 Å². The monoisotopic (exact) mass is 196 g/mol. The van der Waals surface area contributed by atoms with E-state index in [2.05, 4.69) is 0 Å². The Hall–Kier alpha value is -0.950. The molecule has 0 amide bonds. The van der Waals surface area contributed by atoms with Crippen molar-refractivity contribution >= 4 is 11.6 Å². The molecule has 0 bridgehead atoms. The number of halogens is 1. The third-order valence-corrected chi connectivity index (χ3v) is 2.11. The molecule has 0 radical (unpaired) electrons. The smallest absolute Gasteiger partial charge is 0.122 e. The van der Waals surface area contributed by atoms with Crippen LogP contribution in [-0.4, -0.2) is 6.61 Å². The molecule has 0 N–H and O–H groups in total. The highest BCUT2D eigenvalue weighted by atomic mass is 35.5. The largest absolute Gasteiger partial charge is 0.489 e. The van der Waals surface area contributed by atoms with Crippen LogP contribution >= 0.6 is 11.6 Å². The van der Waals surface area contributed by atoms with Gasteiger partial charge in [-0.1, -0.05) is 29.8 Å². The average Bonchev–Trinajstić information content (AvgIpc) is 2.16. The quantitative estimate of drug-likeness (QED) is 0.719. The van der Waals surface area contributed by atoms with Crippen LogP contribution in [0.3, 0.4) is 0 Å². The first-order valence-electron chi connectivity index (χ1n) is 4.18. The van der Waals surface area contributed by atoms with Crippen molar-refractivity contribution < 1.29 is 4.74 Å². The number of benzene rings is 1. The Kier molecular flexibility index (Phi) is 3.84. The maximum atomic E-state index is 5.54. The summed E-state index contributed by atoms with van der Waals surface area (Å²) in [5.41, 5.74) is 3.70. The lowest BCUT2D eigenvalue weighted by molar-refractivity contribution is 0.350. The molecule has 0 aliphatic carbocycles. The van der Waals surface area contributed by atoms with Gasteiger partial charge in [-0.3, -0.25) is 0 Å². The number of ether oxygens (including phenoxy) is 1. The first-order valence-corrected chi connectivity index (χ1v) is 4.62. The molecule has 13 heavy (non-hydrogen) atoms. The number of aryl methyl sites for hydroxylation is 1. The van der Waals surface area contributed by atoms with Gasteiger partial charge in [0.15, 0.2) is 0 Å². The van der Waals surface area contributed by atoms with E-state index in [1.165, 1.54) is 5.54 Å². The zero-order valence-electron chi connectivity index (χ0n) is 7.88. The molecule has 0 spiro atoms. The van der Waals surface area contributed by atoms with Crippen LogP contribution in [0.15, 0.2) is 35.4 Å². The molecular weight excluding hydrogens is 184 g/mol. The molecule has 0 unspecified atom stereocenters. The molecular formula is C11H13ClO. The molecule has 0 aliphatic heterocycles. The first kappa shape index (κ1) is 10.1. The molecule has 0 heterocycles. The van der Waals surface area contributed by atoms with Crippen molar-refractivity contribution in [1.82, 2.24) is 0 Å². The minimum absolute atomic E-state index is 0.550. The molecule has 0 saturated heterocycles. The van der Waals surface area contributed by atoms with Gasteiger partial charge in [-0.2, -0.15) is 0 Å². The maximum Gasteiger partial charge on any atom is 0.122 e. The van der Waals surface area contributed by atoms with Crippen LogP contribution in [0.5, 0.6) is 5.75 Å². The van der Waals surface area contributed by atoms with Crippen LogP contribution < -0.4 is 4.74 Å². The SMILES string of the molecule is C/C(=C/Cl)COc1ccccc1C. The summed E-state index contributed by atoms with van der Waals surface area (Å²) in [7, 11) is 0. The van der Waals surface area contributed by atoms with Gasteiger partial charge in [-0.25, -0.2) is 0 Å². The Morgan fingerprint density at radius 3 is 2.77 bits per heavy atom. The first-order chi connectivity index (χ1) is 6.24. The highest BCUT2D eigenvalue weighted by molar-refractivity contribution is 6.25. The standard InChI is InChI=1S/C11H13ClO/c1-9(7-12)8-13-11-6-4-3-5-10(11)2/h3-7H,8H2,1-2H3/b9-7-. The fraction of sp³-hybridized carbons (Fsp3) is 0.273. The van der Waals surface area contributed by atoms with Gasteiger partial charge in [0.25, 0.3) is 0 Å². The molecule has 0 saturated carbocycles. The highest BCUT2D eigenvalue weighted by Crippen LogP contribution is 2.16. The highest BCUT2D eigenvalue weighted by Gasteiger charge is 1.97. The topological polar surface area (TPSA) is 9.23 Å². The normalized spacial score (nSPS) is 11.5. The van der Waals surface area contributed by atoms with Crippen molar-refractivity contribution in [3.05, 3.63) is 40.9 Å². The molecule has 1 aromatic carbocycles. The van der Waals surface area contributed by atoms with Gasteiger partial charge in [-0.15, -0.1) is 0 Å². The number of rotatable bonds is 3. The Morgan fingerprint density at radius 2 is 2.15 bits per heavy atom. The van der Waals surface area contributed by atoms with Gasteiger partial charge in [0.2, 0.25) is 0 Å². The fourth-order valence-corrected chi connectivity index (χ4v) is 1.00. The predicted molar refractivity (Wildman–Crippen MR) is 56.3 cm³/mol. The zero-order chi connectivity index (χ0) is 9.68. The van der Waals surface area contributed by atoms with E-state index in [1.807, 2.05) is 38.1 Å². The number of hydrogen-bond donors (Lipinski definition) is 0. The summed E-state index contributed by atoms with van der Waals surface area (Å²) in [6.45, 7) is 4.51. The summed E-state index contributed by atoms with van der Waals surface area (Å²) in [5.74, 6) is 0.917. The molecule has 1 rings (SSSR count). The van der Waals surface area contributed by atoms with Crippen molar-refractivity contribution in [3.63, 3.8) is 0 Å². The third-order valence-electron chi connectivity index (χ3n) is 1.74. The number of hydrogen-bond acceptors (Lipinski definition) is 1. The van der Waals surface area contributed by atoms with Crippen molar-refractivity contribution in [2.75, 3.05) is 6.61 Å². The summed E-state index contributed by atoms with van der Waals surface area (Å²) >= 11 is 5.52. The summed E-state index contributed by atoms with van der Waals surface area (Å²) in [4.78, 5) is 0. The lowest BCUT2D eigenvalue weighted by Crippen LogP contribution is -1.99. The molecule has 1 aromatic rings. The third kappa shape index (κ3) is 3.11. The Labute approximate surface area is 84.0 Å².